The van der Waals surface area contributed by atoms with Gasteiger partial charge in [-0.3, -0.25) is 4.79 Å². The molecule has 1 aromatic rings. The molecule has 8 nitrogen and oxygen atoms in total. The Bertz CT molecular complexity index is 727. The number of esters is 1. The molecule has 1 fully saturated rings. The highest BCUT2D eigenvalue weighted by Crippen LogP contribution is 2.33. The minimum atomic E-state index is -1.54. The number of ether oxygens (including phenoxy) is 2. The number of aliphatic hydroxyl groups is 1. The summed E-state index contributed by atoms with van der Waals surface area (Å²) < 4.78 is 9.91. The lowest BCUT2D eigenvalue weighted by Gasteiger charge is -2.27. The van der Waals surface area contributed by atoms with E-state index in [2.05, 4.69) is 15.4 Å². The number of rotatable bonds is 9. The van der Waals surface area contributed by atoms with E-state index in [1.54, 1.807) is 20.8 Å². The topological polar surface area (TPSA) is 114 Å². The molecule has 30 heavy (non-hydrogen) atoms. The van der Waals surface area contributed by atoms with Crippen LogP contribution in [0.15, 0.2) is 30.3 Å². The minimum absolute atomic E-state index is 0.228. The van der Waals surface area contributed by atoms with Gasteiger partial charge in [-0.25, -0.2) is 9.59 Å². The van der Waals surface area contributed by atoms with Gasteiger partial charge in [0.05, 0.1) is 13.2 Å². The molecule has 0 heterocycles. The lowest BCUT2D eigenvalue weighted by Crippen LogP contribution is -2.55. The van der Waals surface area contributed by atoms with Gasteiger partial charge < -0.3 is 25.2 Å². The molecule has 0 bridgehead atoms. The van der Waals surface area contributed by atoms with Crippen LogP contribution in [0.25, 0.3) is 0 Å². The van der Waals surface area contributed by atoms with Crippen molar-refractivity contribution in [2.75, 3.05) is 7.11 Å². The van der Waals surface area contributed by atoms with Crippen molar-refractivity contribution in [3.05, 3.63) is 35.9 Å². The van der Waals surface area contributed by atoms with Crippen LogP contribution in [0.1, 0.15) is 45.6 Å². The summed E-state index contributed by atoms with van der Waals surface area (Å²) in [6.07, 6.45) is 0.470. The van der Waals surface area contributed by atoms with Gasteiger partial charge >= 0.3 is 12.1 Å². The molecule has 0 saturated heterocycles. The number of methoxy groups -OCH3 is 1. The average Bonchev–Trinajstić information content (AvgIpc) is 3.49. The fourth-order valence-electron chi connectivity index (χ4n) is 3.05. The summed E-state index contributed by atoms with van der Waals surface area (Å²) in [7, 11) is 1.17. The van der Waals surface area contributed by atoms with Crippen LogP contribution in [-0.4, -0.2) is 54.0 Å². The van der Waals surface area contributed by atoms with E-state index in [0.717, 1.165) is 18.4 Å². The van der Waals surface area contributed by atoms with Crippen LogP contribution in [0.5, 0.6) is 0 Å². The summed E-state index contributed by atoms with van der Waals surface area (Å²) >= 11 is 0. The second-order valence-corrected chi connectivity index (χ2v) is 8.65. The van der Waals surface area contributed by atoms with Crippen LogP contribution in [0.3, 0.4) is 0 Å². The molecule has 2 amide bonds. The highest BCUT2D eigenvalue weighted by atomic mass is 16.6. The molecular weight excluding hydrogens is 388 g/mol. The van der Waals surface area contributed by atoms with Crippen molar-refractivity contribution in [3.8, 4) is 0 Å². The predicted octanol–water partition coefficient (Wildman–Crippen LogP) is 1.94. The Morgan fingerprint density at radius 1 is 1.13 bits per heavy atom. The zero-order valence-corrected chi connectivity index (χ0v) is 18.0. The fraction of sp³-hybridized carbons (Fsp3) is 0.591. The van der Waals surface area contributed by atoms with E-state index in [1.807, 2.05) is 30.3 Å². The second-order valence-electron chi connectivity index (χ2n) is 8.65. The van der Waals surface area contributed by atoms with Crippen molar-refractivity contribution in [2.45, 2.75) is 70.2 Å². The molecule has 0 aliphatic heterocycles. The molecule has 2 rings (SSSR count). The third-order valence-corrected chi connectivity index (χ3v) is 4.72. The summed E-state index contributed by atoms with van der Waals surface area (Å²) in [5.41, 5.74) is 0.145. The Labute approximate surface area is 177 Å². The van der Waals surface area contributed by atoms with Crippen molar-refractivity contribution in [2.24, 2.45) is 5.92 Å². The molecule has 1 aromatic carbocycles. The lowest BCUT2D eigenvalue weighted by atomic mass is 10.00. The summed E-state index contributed by atoms with van der Waals surface area (Å²) in [5.74, 6) is -0.958. The maximum absolute atomic E-state index is 13.0. The van der Waals surface area contributed by atoms with E-state index >= 15 is 0 Å². The maximum Gasteiger partial charge on any atom is 0.408 e. The molecule has 0 radical (unpaired) electrons. The fourth-order valence-corrected chi connectivity index (χ4v) is 3.05. The first kappa shape index (κ1) is 23.7. The highest BCUT2D eigenvalue weighted by Gasteiger charge is 2.35. The zero-order chi connectivity index (χ0) is 22.3. The Balaban J connectivity index is 2.11. The zero-order valence-electron chi connectivity index (χ0n) is 18.0. The summed E-state index contributed by atoms with van der Waals surface area (Å²) in [5, 5.41) is 15.7. The van der Waals surface area contributed by atoms with Gasteiger partial charge in [0.2, 0.25) is 5.91 Å². The quantitative estimate of drug-likeness (QED) is 0.526. The average molecular weight is 421 g/mol. The van der Waals surface area contributed by atoms with Gasteiger partial charge in [0.25, 0.3) is 0 Å². The number of nitrogens with one attached hydrogen (secondary N) is 2. The molecule has 1 aliphatic carbocycles. The molecule has 0 spiro atoms. The van der Waals surface area contributed by atoms with E-state index in [9.17, 15) is 19.5 Å². The van der Waals surface area contributed by atoms with E-state index in [1.165, 1.54) is 7.11 Å². The number of alkyl carbamates (subject to hydrolysis) is 1. The van der Waals surface area contributed by atoms with Crippen LogP contribution in [0, 0.1) is 5.92 Å². The third-order valence-electron chi connectivity index (χ3n) is 4.72. The van der Waals surface area contributed by atoms with Gasteiger partial charge in [-0.05, 0) is 45.1 Å². The highest BCUT2D eigenvalue weighted by molar-refractivity contribution is 5.87. The Morgan fingerprint density at radius 3 is 2.30 bits per heavy atom. The number of carbonyl (C=O) groups is 3. The van der Waals surface area contributed by atoms with Crippen LogP contribution in [-0.2, 0) is 25.5 Å². The Hall–Kier alpha value is -2.61. The molecule has 2 unspecified atom stereocenters. The Morgan fingerprint density at radius 2 is 1.77 bits per heavy atom. The molecule has 3 atom stereocenters. The number of hydrogen-bond acceptors (Lipinski definition) is 6. The van der Waals surface area contributed by atoms with Crippen molar-refractivity contribution in [3.63, 3.8) is 0 Å². The molecular formula is C22H32N2O6. The van der Waals surface area contributed by atoms with Gasteiger partial charge in [-0.1, -0.05) is 43.2 Å². The molecule has 0 aromatic heterocycles. The normalized spacial score (nSPS) is 16.7. The molecule has 1 aliphatic rings. The maximum atomic E-state index is 13.0. The lowest BCUT2D eigenvalue weighted by molar-refractivity contribution is -0.152. The summed E-state index contributed by atoms with van der Waals surface area (Å²) in [6.45, 7) is 5.22. The van der Waals surface area contributed by atoms with Crippen molar-refractivity contribution >= 4 is 18.0 Å². The first-order valence-electron chi connectivity index (χ1n) is 10.2. The van der Waals surface area contributed by atoms with Crippen LogP contribution in [0.4, 0.5) is 4.79 Å². The van der Waals surface area contributed by atoms with E-state index < -0.39 is 41.8 Å². The largest absolute Gasteiger partial charge is 0.467 e. The smallest absolute Gasteiger partial charge is 0.408 e. The molecule has 3 N–H and O–H groups in total. The third kappa shape index (κ3) is 8.02. The van der Waals surface area contributed by atoms with Crippen LogP contribution in [0.2, 0.25) is 0 Å². The monoisotopic (exact) mass is 420 g/mol. The summed E-state index contributed by atoms with van der Waals surface area (Å²) in [4.78, 5) is 37.1. The van der Waals surface area contributed by atoms with Gasteiger partial charge in [0.1, 0.15) is 11.6 Å². The van der Waals surface area contributed by atoms with Crippen molar-refractivity contribution in [1.29, 1.82) is 0 Å². The van der Waals surface area contributed by atoms with Gasteiger partial charge in [0.15, 0.2) is 6.10 Å². The SMILES string of the molecule is COC(=O)C(O)C(Cc1ccccc1)NC(=O)[C@H](CC1CC1)NC(=O)OC(C)(C)C. The number of amides is 2. The van der Waals surface area contributed by atoms with Gasteiger partial charge in [-0.2, -0.15) is 0 Å². The molecule has 8 heteroatoms. The van der Waals surface area contributed by atoms with Gasteiger partial charge in [0, 0.05) is 0 Å². The van der Waals surface area contributed by atoms with Crippen LogP contribution >= 0.6 is 0 Å². The summed E-state index contributed by atoms with van der Waals surface area (Å²) in [6, 6.07) is 7.46. The first-order valence-corrected chi connectivity index (χ1v) is 10.2. The van der Waals surface area contributed by atoms with E-state index in [0.29, 0.717) is 12.3 Å². The first-order chi connectivity index (χ1) is 14.1. The number of aliphatic hydroxyl groups excluding tert-OH is 1. The number of carbonyl (C=O) groups excluding carboxylic acids is 3. The molecule has 166 valence electrons. The Kier molecular flexibility index (Phi) is 8.23. The minimum Gasteiger partial charge on any atom is -0.467 e. The number of hydrogen-bond donors (Lipinski definition) is 3. The molecule has 1 saturated carbocycles. The van der Waals surface area contributed by atoms with Crippen molar-refractivity contribution < 1.29 is 29.0 Å². The number of benzene rings is 1. The second kappa shape index (κ2) is 10.4. The van der Waals surface area contributed by atoms with E-state index in [-0.39, 0.29) is 6.42 Å². The van der Waals surface area contributed by atoms with Crippen molar-refractivity contribution in [1.82, 2.24) is 10.6 Å². The standard InChI is InChI=1S/C22H32N2O6/c1-22(2,3)30-21(28)24-17(13-15-10-11-15)19(26)23-16(18(25)20(27)29-4)12-14-8-6-5-7-9-14/h5-9,15-18,25H,10-13H2,1-4H3,(H,23,26)(H,24,28)/t16?,17-,18?/m0/s1. The predicted molar refractivity (Wildman–Crippen MR) is 111 cm³/mol. The van der Waals surface area contributed by atoms with Crippen LogP contribution < -0.4 is 10.6 Å². The van der Waals surface area contributed by atoms with Gasteiger partial charge in [-0.15, -0.1) is 0 Å². The van der Waals surface area contributed by atoms with E-state index in [4.69, 9.17) is 4.74 Å².